The van der Waals surface area contributed by atoms with Gasteiger partial charge in [-0.15, -0.1) is 0 Å². The SMILES string of the molecule is CCOC1CC1C(=O)N1CC(CCN2CCCC2=O)c2ccccc21. The molecule has 4 rings (SSSR count). The molecule has 2 heterocycles. The molecule has 0 N–H and O–H groups in total. The van der Waals surface area contributed by atoms with Crippen molar-refractivity contribution in [3.8, 4) is 0 Å². The van der Waals surface area contributed by atoms with Crippen LogP contribution in [0.1, 0.15) is 44.1 Å². The van der Waals surface area contributed by atoms with E-state index in [9.17, 15) is 9.59 Å². The van der Waals surface area contributed by atoms with Crippen LogP contribution in [0.3, 0.4) is 0 Å². The Balaban J connectivity index is 1.44. The van der Waals surface area contributed by atoms with Crippen molar-refractivity contribution in [2.24, 2.45) is 5.92 Å². The lowest BCUT2D eigenvalue weighted by Gasteiger charge is -2.20. The van der Waals surface area contributed by atoms with Crippen LogP contribution in [0.15, 0.2) is 24.3 Å². The molecule has 5 heteroatoms. The highest BCUT2D eigenvalue weighted by atomic mass is 16.5. The number of benzene rings is 1. The molecule has 0 aromatic heterocycles. The number of carbonyl (C=O) groups excluding carboxylic acids is 2. The van der Waals surface area contributed by atoms with Gasteiger partial charge in [-0.1, -0.05) is 18.2 Å². The zero-order chi connectivity index (χ0) is 17.4. The summed E-state index contributed by atoms with van der Waals surface area (Å²) in [7, 11) is 0. The molecule has 0 radical (unpaired) electrons. The van der Waals surface area contributed by atoms with E-state index in [1.54, 1.807) is 0 Å². The molecule has 3 unspecified atom stereocenters. The molecule has 0 bridgehead atoms. The van der Waals surface area contributed by atoms with Gasteiger partial charge >= 0.3 is 0 Å². The molecule has 134 valence electrons. The van der Waals surface area contributed by atoms with Crippen molar-refractivity contribution in [3.05, 3.63) is 29.8 Å². The van der Waals surface area contributed by atoms with E-state index in [2.05, 4.69) is 6.07 Å². The number of hydrogen-bond donors (Lipinski definition) is 0. The molecule has 1 aromatic rings. The van der Waals surface area contributed by atoms with Crippen molar-refractivity contribution < 1.29 is 14.3 Å². The number of likely N-dealkylation sites (tertiary alicyclic amines) is 1. The third-order valence-corrected chi connectivity index (χ3v) is 5.69. The Hall–Kier alpha value is -1.88. The second-order valence-electron chi connectivity index (χ2n) is 7.31. The number of carbonyl (C=O) groups is 2. The first kappa shape index (κ1) is 16.6. The Morgan fingerprint density at radius 2 is 2.16 bits per heavy atom. The highest BCUT2D eigenvalue weighted by Crippen LogP contribution is 2.43. The molecule has 2 fully saturated rings. The number of anilines is 1. The van der Waals surface area contributed by atoms with Gasteiger partial charge < -0.3 is 14.5 Å². The Labute approximate surface area is 148 Å². The topological polar surface area (TPSA) is 49.9 Å². The minimum Gasteiger partial charge on any atom is -0.378 e. The van der Waals surface area contributed by atoms with E-state index in [4.69, 9.17) is 4.74 Å². The maximum absolute atomic E-state index is 12.9. The monoisotopic (exact) mass is 342 g/mol. The Morgan fingerprint density at radius 3 is 2.92 bits per heavy atom. The van der Waals surface area contributed by atoms with E-state index < -0.39 is 0 Å². The van der Waals surface area contributed by atoms with Crippen molar-refractivity contribution in [1.82, 2.24) is 4.90 Å². The number of rotatable bonds is 6. The first-order valence-electron chi connectivity index (χ1n) is 9.48. The number of nitrogens with zero attached hydrogens (tertiary/aromatic N) is 2. The molecule has 0 spiro atoms. The third-order valence-electron chi connectivity index (χ3n) is 5.69. The maximum Gasteiger partial charge on any atom is 0.232 e. The van der Waals surface area contributed by atoms with Crippen LogP contribution in [-0.4, -0.2) is 49.1 Å². The van der Waals surface area contributed by atoms with E-state index in [1.807, 2.05) is 34.9 Å². The van der Waals surface area contributed by atoms with Gasteiger partial charge in [0.25, 0.3) is 0 Å². The van der Waals surface area contributed by atoms with Gasteiger partial charge in [-0.05, 0) is 37.8 Å². The Bertz CT molecular complexity index is 675. The summed E-state index contributed by atoms with van der Waals surface area (Å²) in [5.74, 6) is 0.812. The van der Waals surface area contributed by atoms with E-state index in [-0.39, 0.29) is 23.8 Å². The molecule has 1 saturated carbocycles. The van der Waals surface area contributed by atoms with Gasteiger partial charge in [0, 0.05) is 44.3 Å². The molecule has 1 saturated heterocycles. The zero-order valence-electron chi connectivity index (χ0n) is 14.8. The molecular formula is C20H26N2O3. The van der Waals surface area contributed by atoms with Gasteiger partial charge in [-0.2, -0.15) is 0 Å². The predicted molar refractivity (Wildman–Crippen MR) is 95.5 cm³/mol. The molecule has 5 nitrogen and oxygen atoms in total. The van der Waals surface area contributed by atoms with Crippen LogP contribution >= 0.6 is 0 Å². The zero-order valence-corrected chi connectivity index (χ0v) is 14.8. The van der Waals surface area contributed by atoms with Crippen LogP contribution in [0, 0.1) is 5.92 Å². The summed E-state index contributed by atoms with van der Waals surface area (Å²) in [5, 5.41) is 0. The van der Waals surface area contributed by atoms with Crippen LogP contribution in [0.4, 0.5) is 5.69 Å². The second-order valence-corrected chi connectivity index (χ2v) is 7.31. The minimum absolute atomic E-state index is 0.0203. The number of fused-ring (bicyclic) bond motifs is 1. The van der Waals surface area contributed by atoms with E-state index in [1.165, 1.54) is 5.56 Å². The van der Waals surface area contributed by atoms with Crippen molar-refractivity contribution in [2.75, 3.05) is 31.1 Å². The van der Waals surface area contributed by atoms with Crippen LogP contribution < -0.4 is 4.90 Å². The first-order valence-corrected chi connectivity index (χ1v) is 9.48. The molecule has 2 amide bonds. The normalized spacial score (nSPS) is 27.7. The highest BCUT2D eigenvalue weighted by Gasteiger charge is 2.48. The summed E-state index contributed by atoms with van der Waals surface area (Å²) in [6.45, 7) is 5.05. The minimum atomic E-state index is 0.0203. The van der Waals surface area contributed by atoms with Crippen molar-refractivity contribution >= 4 is 17.5 Å². The quantitative estimate of drug-likeness (QED) is 0.798. The Kier molecular flexibility index (Phi) is 4.50. The molecular weight excluding hydrogens is 316 g/mol. The van der Waals surface area contributed by atoms with Gasteiger partial charge in [-0.3, -0.25) is 9.59 Å². The van der Waals surface area contributed by atoms with E-state index >= 15 is 0 Å². The van der Waals surface area contributed by atoms with Gasteiger partial charge in [0.1, 0.15) is 0 Å². The van der Waals surface area contributed by atoms with Crippen LogP contribution in [-0.2, 0) is 14.3 Å². The van der Waals surface area contributed by atoms with Crippen molar-refractivity contribution in [2.45, 2.75) is 44.6 Å². The lowest BCUT2D eigenvalue weighted by molar-refractivity contribution is -0.127. The number of hydrogen-bond acceptors (Lipinski definition) is 3. The average Bonchev–Trinajstić information content (AvgIpc) is 3.11. The molecule has 2 aliphatic heterocycles. The molecule has 25 heavy (non-hydrogen) atoms. The number of para-hydroxylation sites is 1. The first-order chi connectivity index (χ1) is 12.2. The summed E-state index contributed by atoms with van der Waals surface area (Å²) in [5.41, 5.74) is 2.29. The molecule has 3 atom stereocenters. The fourth-order valence-corrected chi connectivity index (χ4v) is 4.23. The summed E-state index contributed by atoms with van der Waals surface area (Å²) >= 11 is 0. The molecule has 3 aliphatic rings. The third kappa shape index (κ3) is 3.17. The highest BCUT2D eigenvalue weighted by molar-refractivity contribution is 5.99. The maximum atomic E-state index is 12.9. The molecule has 1 aliphatic carbocycles. The van der Waals surface area contributed by atoms with Crippen molar-refractivity contribution in [1.29, 1.82) is 0 Å². The van der Waals surface area contributed by atoms with Crippen LogP contribution in [0.5, 0.6) is 0 Å². The molecule has 1 aromatic carbocycles. The van der Waals surface area contributed by atoms with Gasteiger partial charge in [-0.25, -0.2) is 0 Å². The average molecular weight is 342 g/mol. The van der Waals surface area contributed by atoms with E-state index in [0.717, 1.165) is 44.6 Å². The summed E-state index contributed by atoms with van der Waals surface area (Å²) in [4.78, 5) is 28.7. The lowest BCUT2D eigenvalue weighted by Crippen LogP contribution is -2.33. The second kappa shape index (κ2) is 6.79. The number of ether oxygens (including phenoxy) is 1. The summed E-state index contributed by atoms with van der Waals surface area (Å²) < 4.78 is 5.60. The van der Waals surface area contributed by atoms with Gasteiger partial charge in [0.15, 0.2) is 0 Å². The predicted octanol–water partition coefficient (Wildman–Crippen LogP) is 2.55. The number of amides is 2. The Morgan fingerprint density at radius 1 is 1.32 bits per heavy atom. The van der Waals surface area contributed by atoms with E-state index in [0.29, 0.717) is 18.9 Å². The fraction of sp³-hybridized carbons (Fsp3) is 0.600. The van der Waals surface area contributed by atoms with Crippen LogP contribution in [0.2, 0.25) is 0 Å². The summed E-state index contributed by atoms with van der Waals surface area (Å²) in [6.07, 6.45) is 3.54. The standard InChI is InChI=1S/C20H26N2O3/c1-2-25-18-12-16(18)20(24)22-13-14(15-6-3-4-7-17(15)22)9-11-21-10-5-8-19(21)23/h3-4,6-7,14,16,18H,2,5,8-13H2,1H3. The smallest absolute Gasteiger partial charge is 0.232 e. The van der Waals surface area contributed by atoms with Crippen LogP contribution in [0.25, 0.3) is 0 Å². The lowest BCUT2D eigenvalue weighted by atomic mass is 9.98. The fourth-order valence-electron chi connectivity index (χ4n) is 4.23. The summed E-state index contributed by atoms with van der Waals surface area (Å²) in [6, 6.07) is 8.22. The van der Waals surface area contributed by atoms with Crippen molar-refractivity contribution in [3.63, 3.8) is 0 Å². The van der Waals surface area contributed by atoms with Gasteiger partial charge in [0.2, 0.25) is 11.8 Å². The largest absolute Gasteiger partial charge is 0.378 e. The van der Waals surface area contributed by atoms with Gasteiger partial charge in [0.05, 0.1) is 12.0 Å².